The Morgan fingerprint density at radius 1 is 1.20 bits per heavy atom. The van der Waals surface area contributed by atoms with Gasteiger partial charge in [0.15, 0.2) is 0 Å². The van der Waals surface area contributed by atoms with Crippen LogP contribution >= 0.6 is 0 Å². The van der Waals surface area contributed by atoms with Crippen LogP contribution in [0.15, 0.2) is 24.3 Å². The van der Waals surface area contributed by atoms with E-state index in [2.05, 4.69) is 38.1 Å². The molecule has 80 valence electrons. The van der Waals surface area contributed by atoms with E-state index in [0.29, 0.717) is 17.4 Å². The van der Waals surface area contributed by atoms with Gasteiger partial charge in [0.25, 0.3) is 0 Å². The molecule has 3 rings (SSSR count). The molecule has 0 radical (unpaired) electrons. The minimum absolute atomic E-state index is 0.308. The van der Waals surface area contributed by atoms with Gasteiger partial charge in [-0.3, -0.25) is 0 Å². The van der Waals surface area contributed by atoms with E-state index in [1.165, 1.54) is 24.0 Å². The van der Waals surface area contributed by atoms with E-state index >= 15 is 0 Å². The summed E-state index contributed by atoms with van der Waals surface area (Å²) in [5.41, 5.74) is 9.41. The third-order valence-electron chi connectivity index (χ3n) is 4.23. The molecule has 2 saturated carbocycles. The molecule has 2 aliphatic rings. The highest BCUT2D eigenvalue weighted by molar-refractivity contribution is 5.38. The Hall–Kier alpha value is -0.820. The Bertz CT molecular complexity index is 390. The summed E-state index contributed by atoms with van der Waals surface area (Å²) >= 11 is 0. The van der Waals surface area contributed by atoms with Crippen LogP contribution in [0.3, 0.4) is 0 Å². The molecule has 0 spiro atoms. The zero-order valence-electron chi connectivity index (χ0n) is 9.53. The summed E-state index contributed by atoms with van der Waals surface area (Å²) in [6, 6.07) is 9.45. The van der Waals surface area contributed by atoms with E-state index in [1.54, 1.807) is 0 Å². The molecule has 2 atom stereocenters. The number of hydrogen-bond donors (Lipinski definition) is 1. The molecule has 2 N–H and O–H groups in total. The molecular formula is C14H19N. The second-order valence-electron chi connectivity index (χ2n) is 5.77. The van der Waals surface area contributed by atoms with Crippen LogP contribution in [0.2, 0.25) is 0 Å². The van der Waals surface area contributed by atoms with E-state index in [0.717, 1.165) is 5.92 Å². The smallest absolute Gasteiger partial charge is 0.0172 e. The van der Waals surface area contributed by atoms with Gasteiger partial charge in [0.1, 0.15) is 0 Å². The van der Waals surface area contributed by atoms with Crippen LogP contribution < -0.4 is 5.73 Å². The predicted octanol–water partition coefficient (Wildman–Crippen LogP) is 3.01. The molecule has 0 heterocycles. The van der Waals surface area contributed by atoms with Crippen LogP contribution in [0, 0.1) is 5.41 Å². The maximum absolute atomic E-state index is 6.12. The average molecular weight is 201 g/mol. The third kappa shape index (κ3) is 1.41. The standard InChI is InChI=1S/C14H19N/c1-14(2)12(13(14)15)11-5-3-4-10(8-11)9-6-7-9/h3-5,8-9,12-13H,6-7,15H2,1-2H3. The average Bonchev–Trinajstić information content (AvgIpc) is 3.07. The van der Waals surface area contributed by atoms with Crippen molar-refractivity contribution in [2.75, 3.05) is 0 Å². The van der Waals surface area contributed by atoms with E-state index in [4.69, 9.17) is 5.73 Å². The quantitative estimate of drug-likeness (QED) is 0.782. The van der Waals surface area contributed by atoms with Crippen molar-refractivity contribution >= 4 is 0 Å². The first kappa shape index (κ1) is 9.41. The normalized spacial score (nSPS) is 32.7. The first-order valence-electron chi connectivity index (χ1n) is 5.96. The fraction of sp³-hybridized carbons (Fsp3) is 0.571. The SMILES string of the molecule is CC1(C)C(N)C1c1cccc(C2CC2)c1. The monoisotopic (exact) mass is 201 g/mol. The molecular weight excluding hydrogens is 182 g/mol. The molecule has 0 bridgehead atoms. The Morgan fingerprint density at radius 3 is 2.33 bits per heavy atom. The third-order valence-corrected chi connectivity index (χ3v) is 4.23. The van der Waals surface area contributed by atoms with E-state index in [1.807, 2.05) is 0 Å². The lowest BCUT2D eigenvalue weighted by Gasteiger charge is -2.05. The van der Waals surface area contributed by atoms with E-state index in [-0.39, 0.29) is 0 Å². The first-order valence-corrected chi connectivity index (χ1v) is 5.96. The molecule has 1 nitrogen and oxygen atoms in total. The number of hydrogen-bond acceptors (Lipinski definition) is 1. The van der Waals surface area contributed by atoms with Gasteiger partial charge >= 0.3 is 0 Å². The van der Waals surface area contributed by atoms with Crippen molar-refractivity contribution in [3.63, 3.8) is 0 Å². The molecule has 2 aliphatic carbocycles. The van der Waals surface area contributed by atoms with Crippen molar-refractivity contribution in [1.29, 1.82) is 0 Å². The van der Waals surface area contributed by atoms with E-state index in [9.17, 15) is 0 Å². The van der Waals surface area contributed by atoms with Gasteiger partial charge in [-0.15, -0.1) is 0 Å². The summed E-state index contributed by atoms with van der Waals surface area (Å²) in [4.78, 5) is 0. The van der Waals surface area contributed by atoms with Gasteiger partial charge < -0.3 is 5.73 Å². The van der Waals surface area contributed by atoms with Crippen LogP contribution in [0.4, 0.5) is 0 Å². The molecule has 0 amide bonds. The summed E-state index contributed by atoms with van der Waals surface area (Å²) in [6.07, 6.45) is 2.76. The van der Waals surface area contributed by atoms with Gasteiger partial charge in [0, 0.05) is 12.0 Å². The summed E-state index contributed by atoms with van der Waals surface area (Å²) in [5.74, 6) is 1.43. The van der Waals surface area contributed by atoms with E-state index < -0.39 is 0 Å². The fourth-order valence-corrected chi connectivity index (χ4v) is 2.74. The minimum Gasteiger partial charge on any atom is -0.327 e. The Morgan fingerprint density at radius 2 is 1.80 bits per heavy atom. The Labute approximate surface area is 91.7 Å². The lowest BCUT2D eigenvalue weighted by molar-refractivity contribution is 0.599. The molecule has 0 aliphatic heterocycles. The molecule has 0 saturated heterocycles. The van der Waals surface area contributed by atoms with Crippen molar-refractivity contribution in [2.24, 2.45) is 11.1 Å². The van der Waals surface area contributed by atoms with Gasteiger partial charge in [0.05, 0.1) is 0 Å². The first-order chi connectivity index (χ1) is 7.10. The number of benzene rings is 1. The molecule has 1 aromatic rings. The van der Waals surface area contributed by atoms with Crippen molar-refractivity contribution < 1.29 is 0 Å². The largest absolute Gasteiger partial charge is 0.327 e. The van der Waals surface area contributed by atoms with Gasteiger partial charge in [-0.25, -0.2) is 0 Å². The van der Waals surface area contributed by atoms with Crippen molar-refractivity contribution in [1.82, 2.24) is 0 Å². The highest BCUT2D eigenvalue weighted by atomic mass is 14.8. The van der Waals surface area contributed by atoms with Crippen molar-refractivity contribution in [3.05, 3.63) is 35.4 Å². The lowest BCUT2D eigenvalue weighted by Crippen LogP contribution is -2.06. The zero-order valence-corrected chi connectivity index (χ0v) is 9.53. The maximum atomic E-state index is 6.12. The summed E-state index contributed by atoms with van der Waals surface area (Å²) in [6.45, 7) is 4.54. The van der Waals surface area contributed by atoms with Gasteiger partial charge in [0.2, 0.25) is 0 Å². The Balaban J connectivity index is 1.90. The topological polar surface area (TPSA) is 26.0 Å². The number of rotatable bonds is 2. The fourth-order valence-electron chi connectivity index (χ4n) is 2.74. The van der Waals surface area contributed by atoms with Crippen LogP contribution in [0.1, 0.15) is 49.7 Å². The van der Waals surface area contributed by atoms with Crippen molar-refractivity contribution in [2.45, 2.75) is 44.6 Å². The second-order valence-corrected chi connectivity index (χ2v) is 5.77. The van der Waals surface area contributed by atoms with Crippen LogP contribution in [0.25, 0.3) is 0 Å². The molecule has 2 unspecified atom stereocenters. The maximum Gasteiger partial charge on any atom is 0.0172 e. The van der Waals surface area contributed by atoms with Crippen LogP contribution in [0.5, 0.6) is 0 Å². The van der Waals surface area contributed by atoms with Gasteiger partial charge in [-0.1, -0.05) is 38.1 Å². The van der Waals surface area contributed by atoms with Crippen LogP contribution in [-0.4, -0.2) is 6.04 Å². The highest BCUT2D eigenvalue weighted by Gasteiger charge is 2.56. The lowest BCUT2D eigenvalue weighted by atomic mass is 10.00. The molecule has 2 fully saturated rings. The van der Waals surface area contributed by atoms with Gasteiger partial charge in [-0.2, -0.15) is 0 Å². The van der Waals surface area contributed by atoms with Crippen LogP contribution in [-0.2, 0) is 0 Å². The summed E-state index contributed by atoms with van der Waals surface area (Å²) in [7, 11) is 0. The molecule has 1 aromatic carbocycles. The molecule has 0 aromatic heterocycles. The molecule has 15 heavy (non-hydrogen) atoms. The predicted molar refractivity (Wildman–Crippen MR) is 62.9 cm³/mol. The Kier molecular flexibility index (Phi) is 1.79. The number of nitrogens with two attached hydrogens (primary N) is 1. The summed E-state index contributed by atoms with van der Waals surface area (Å²) < 4.78 is 0. The minimum atomic E-state index is 0.308. The second kappa shape index (κ2) is 2.85. The molecule has 1 heteroatoms. The van der Waals surface area contributed by atoms with Crippen molar-refractivity contribution in [3.8, 4) is 0 Å². The summed E-state index contributed by atoms with van der Waals surface area (Å²) in [5, 5.41) is 0. The zero-order chi connectivity index (χ0) is 10.6. The highest BCUT2D eigenvalue weighted by Crippen LogP contribution is 2.57. The van der Waals surface area contributed by atoms with Gasteiger partial charge in [-0.05, 0) is 35.3 Å².